The molecule has 3 rings (SSSR count). The van der Waals surface area contributed by atoms with Crippen LogP contribution in [-0.2, 0) is 9.53 Å². The molecule has 108 valence electrons. The summed E-state index contributed by atoms with van der Waals surface area (Å²) in [6.45, 7) is 3.01. The van der Waals surface area contributed by atoms with E-state index < -0.39 is 5.54 Å². The molecular formula is C15H19BrN2O2. The number of piperidine rings is 1. The van der Waals surface area contributed by atoms with Crippen molar-refractivity contribution in [1.29, 1.82) is 0 Å². The molecule has 0 spiro atoms. The van der Waals surface area contributed by atoms with Crippen molar-refractivity contribution in [2.24, 2.45) is 5.92 Å². The lowest BCUT2D eigenvalue weighted by Crippen LogP contribution is -2.57. The maximum Gasteiger partial charge on any atom is 0.331 e. The molecule has 4 nitrogen and oxygen atoms in total. The lowest BCUT2D eigenvalue weighted by Gasteiger charge is -2.41. The first-order valence-corrected chi connectivity index (χ1v) is 7.78. The number of para-hydroxylation sites is 1. The number of halogens is 1. The minimum Gasteiger partial charge on any atom is -0.467 e. The molecule has 0 aliphatic carbocycles. The molecule has 1 aromatic rings. The zero-order chi connectivity index (χ0) is 14.2. The van der Waals surface area contributed by atoms with Crippen LogP contribution in [0.4, 0.5) is 5.69 Å². The summed E-state index contributed by atoms with van der Waals surface area (Å²) in [6.07, 6.45) is 1.85. The standard InChI is InChI=1S/C15H19BrN2O2/c1-20-14(19)15(7-9-18-8-6-11(15)10-18)17-13-5-3-2-4-12(13)16/h2-5,11,17H,6-10H2,1H3. The molecule has 0 radical (unpaired) electrons. The molecule has 2 aliphatic heterocycles. The maximum atomic E-state index is 12.5. The predicted octanol–water partition coefficient (Wildman–Crippen LogP) is 2.50. The number of hydrogen-bond donors (Lipinski definition) is 1. The Morgan fingerprint density at radius 3 is 3.00 bits per heavy atom. The van der Waals surface area contributed by atoms with E-state index in [1.54, 1.807) is 0 Å². The van der Waals surface area contributed by atoms with Gasteiger partial charge in [-0.25, -0.2) is 4.79 Å². The number of carbonyl (C=O) groups excluding carboxylic acids is 1. The Morgan fingerprint density at radius 1 is 1.45 bits per heavy atom. The highest BCUT2D eigenvalue weighted by Gasteiger charge is 2.52. The van der Waals surface area contributed by atoms with Crippen LogP contribution in [0.3, 0.4) is 0 Å². The number of esters is 1. The highest BCUT2D eigenvalue weighted by molar-refractivity contribution is 9.10. The van der Waals surface area contributed by atoms with Crippen LogP contribution in [0.2, 0.25) is 0 Å². The third-order valence-corrected chi connectivity index (χ3v) is 5.26. The van der Waals surface area contributed by atoms with E-state index >= 15 is 0 Å². The number of nitrogens with zero attached hydrogens (tertiary/aromatic N) is 1. The van der Waals surface area contributed by atoms with Gasteiger partial charge in [0.25, 0.3) is 0 Å². The molecule has 20 heavy (non-hydrogen) atoms. The normalized spacial score (nSPS) is 31.9. The van der Waals surface area contributed by atoms with Gasteiger partial charge < -0.3 is 15.0 Å². The van der Waals surface area contributed by atoms with E-state index in [1.807, 2.05) is 24.3 Å². The average Bonchev–Trinajstić information content (AvgIpc) is 2.88. The molecule has 5 heteroatoms. The fourth-order valence-electron chi connectivity index (χ4n) is 3.45. The van der Waals surface area contributed by atoms with E-state index in [9.17, 15) is 4.79 Å². The van der Waals surface area contributed by atoms with Crippen LogP contribution in [0.25, 0.3) is 0 Å². The van der Waals surface area contributed by atoms with Crippen molar-refractivity contribution in [1.82, 2.24) is 4.90 Å². The molecule has 2 aliphatic rings. The van der Waals surface area contributed by atoms with Crippen LogP contribution in [-0.4, -0.2) is 43.2 Å². The van der Waals surface area contributed by atoms with Crippen molar-refractivity contribution in [3.63, 3.8) is 0 Å². The van der Waals surface area contributed by atoms with Crippen molar-refractivity contribution < 1.29 is 9.53 Å². The molecule has 2 saturated heterocycles. The monoisotopic (exact) mass is 338 g/mol. The SMILES string of the molecule is COC(=O)C1(Nc2ccccc2Br)CCN2CCC1C2. The summed E-state index contributed by atoms with van der Waals surface area (Å²) in [4.78, 5) is 14.9. The van der Waals surface area contributed by atoms with Gasteiger partial charge in [0, 0.05) is 29.2 Å². The summed E-state index contributed by atoms with van der Waals surface area (Å²) in [5, 5.41) is 3.49. The van der Waals surface area contributed by atoms with Crippen LogP contribution >= 0.6 is 15.9 Å². The Kier molecular flexibility index (Phi) is 3.73. The summed E-state index contributed by atoms with van der Waals surface area (Å²) < 4.78 is 6.10. The minimum atomic E-state index is -0.592. The second-order valence-corrected chi connectivity index (χ2v) is 6.46. The zero-order valence-electron chi connectivity index (χ0n) is 11.6. The van der Waals surface area contributed by atoms with E-state index in [4.69, 9.17) is 4.74 Å². The number of ether oxygens (including phenoxy) is 1. The zero-order valence-corrected chi connectivity index (χ0v) is 13.1. The Morgan fingerprint density at radius 2 is 2.25 bits per heavy atom. The van der Waals surface area contributed by atoms with Crippen LogP contribution in [0, 0.1) is 5.92 Å². The van der Waals surface area contributed by atoms with E-state index in [1.165, 1.54) is 7.11 Å². The van der Waals surface area contributed by atoms with Gasteiger partial charge in [0.1, 0.15) is 5.54 Å². The molecule has 2 heterocycles. The maximum absolute atomic E-state index is 12.5. The molecule has 3 unspecified atom stereocenters. The van der Waals surface area contributed by atoms with Gasteiger partial charge in [0.15, 0.2) is 0 Å². The lowest BCUT2D eigenvalue weighted by molar-refractivity contribution is -0.149. The Bertz CT molecular complexity index is 522. The second kappa shape index (κ2) is 5.37. The van der Waals surface area contributed by atoms with Gasteiger partial charge in [-0.3, -0.25) is 0 Å². The van der Waals surface area contributed by atoms with E-state index in [2.05, 4.69) is 26.1 Å². The molecule has 1 N–H and O–H groups in total. The molecule has 2 fully saturated rings. The van der Waals surface area contributed by atoms with Gasteiger partial charge in [-0.2, -0.15) is 0 Å². The van der Waals surface area contributed by atoms with Gasteiger partial charge in [-0.1, -0.05) is 12.1 Å². The second-order valence-electron chi connectivity index (χ2n) is 5.60. The highest BCUT2D eigenvalue weighted by Crippen LogP contribution is 2.40. The van der Waals surface area contributed by atoms with Gasteiger partial charge in [0.05, 0.1) is 7.11 Å². The summed E-state index contributed by atoms with van der Waals surface area (Å²) in [7, 11) is 1.48. The first-order chi connectivity index (χ1) is 9.65. The van der Waals surface area contributed by atoms with Crippen LogP contribution in [0.15, 0.2) is 28.7 Å². The van der Waals surface area contributed by atoms with Crippen LogP contribution in [0.5, 0.6) is 0 Å². The number of fused-ring (bicyclic) bond motifs is 2. The number of rotatable bonds is 3. The van der Waals surface area contributed by atoms with Crippen molar-refractivity contribution in [2.75, 3.05) is 32.1 Å². The Hall–Kier alpha value is -1.07. The van der Waals surface area contributed by atoms with Gasteiger partial charge in [0.2, 0.25) is 0 Å². The van der Waals surface area contributed by atoms with E-state index in [0.29, 0.717) is 5.92 Å². The summed E-state index contributed by atoms with van der Waals surface area (Å²) >= 11 is 3.55. The van der Waals surface area contributed by atoms with Crippen molar-refractivity contribution in [2.45, 2.75) is 18.4 Å². The highest BCUT2D eigenvalue weighted by atomic mass is 79.9. The predicted molar refractivity (Wildman–Crippen MR) is 81.7 cm³/mol. The number of benzene rings is 1. The van der Waals surface area contributed by atoms with Gasteiger partial charge in [-0.05, 0) is 47.4 Å². The van der Waals surface area contributed by atoms with Crippen molar-refractivity contribution >= 4 is 27.6 Å². The molecule has 1 aromatic carbocycles. The number of hydrogen-bond acceptors (Lipinski definition) is 4. The minimum absolute atomic E-state index is 0.139. The van der Waals surface area contributed by atoms with Crippen LogP contribution in [0.1, 0.15) is 12.8 Å². The Balaban J connectivity index is 1.94. The smallest absolute Gasteiger partial charge is 0.331 e. The average molecular weight is 339 g/mol. The Labute approximate surface area is 127 Å². The third-order valence-electron chi connectivity index (χ3n) is 4.57. The van der Waals surface area contributed by atoms with Gasteiger partial charge in [-0.15, -0.1) is 0 Å². The van der Waals surface area contributed by atoms with Gasteiger partial charge >= 0.3 is 5.97 Å². The third kappa shape index (κ3) is 2.23. The molecule has 0 amide bonds. The number of anilines is 1. The molecule has 2 bridgehead atoms. The molecule has 0 aromatic heterocycles. The largest absolute Gasteiger partial charge is 0.467 e. The summed E-state index contributed by atoms with van der Waals surface area (Å²) in [5.41, 5.74) is 0.365. The molecule has 0 saturated carbocycles. The fraction of sp³-hybridized carbons (Fsp3) is 0.533. The van der Waals surface area contributed by atoms with E-state index in [0.717, 1.165) is 42.6 Å². The topological polar surface area (TPSA) is 41.6 Å². The number of carbonyl (C=O) groups is 1. The summed E-state index contributed by atoms with van der Waals surface area (Å²) in [5.74, 6) is 0.176. The summed E-state index contributed by atoms with van der Waals surface area (Å²) in [6, 6.07) is 7.92. The van der Waals surface area contributed by atoms with Crippen LogP contribution < -0.4 is 5.32 Å². The molecular weight excluding hydrogens is 320 g/mol. The fourth-order valence-corrected chi connectivity index (χ4v) is 3.83. The first-order valence-electron chi connectivity index (χ1n) is 6.99. The van der Waals surface area contributed by atoms with E-state index in [-0.39, 0.29) is 5.97 Å². The van der Waals surface area contributed by atoms with Crippen molar-refractivity contribution in [3.8, 4) is 0 Å². The lowest BCUT2D eigenvalue weighted by atomic mass is 9.78. The number of nitrogens with one attached hydrogen (secondary N) is 1. The van der Waals surface area contributed by atoms with Crippen molar-refractivity contribution in [3.05, 3.63) is 28.7 Å². The number of methoxy groups -OCH3 is 1. The first kappa shape index (κ1) is 13.9. The quantitative estimate of drug-likeness (QED) is 0.860. The molecule has 3 atom stereocenters.